The SMILES string of the molecule is CCC1CCC(c2oncc2N)CC1. The molecule has 3 nitrogen and oxygen atoms in total. The summed E-state index contributed by atoms with van der Waals surface area (Å²) in [6, 6.07) is 0. The van der Waals surface area contributed by atoms with Gasteiger partial charge in [0.1, 0.15) is 0 Å². The summed E-state index contributed by atoms with van der Waals surface area (Å²) in [6.45, 7) is 2.27. The quantitative estimate of drug-likeness (QED) is 0.787. The van der Waals surface area contributed by atoms with E-state index in [9.17, 15) is 0 Å². The summed E-state index contributed by atoms with van der Waals surface area (Å²) in [5.41, 5.74) is 6.51. The highest BCUT2D eigenvalue weighted by Crippen LogP contribution is 2.38. The Balaban J connectivity index is 1.99. The van der Waals surface area contributed by atoms with Gasteiger partial charge in [-0.1, -0.05) is 18.5 Å². The molecule has 1 aliphatic carbocycles. The molecule has 1 fully saturated rings. The number of nitrogens with two attached hydrogens (primary N) is 1. The minimum absolute atomic E-state index is 0.514. The summed E-state index contributed by atoms with van der Waals surface area (Å²) in [5.74, 6) is 2.34. The molecule has 1 heterocycles. The number of hydrogen-bond acceptors (Lipinski definition) is 3. The van der Waals surface area contributed by atoms with E-state index in [0.717, 1.165) is 17.4 Å². The molecular weight excluding hydrogens is 176 g/mol. The predicted molar refractivity (Wildman–Crippen MR) is 55.9 cm³/mol. The second kappa shape index (κ2) is 4.03. The smallest absolute Gasteiger partial charge is 0.162 e. The van der Waals surface area contributed by atoms with Crippen LogP contribution < -0.4 is 5.73 Å². The van der Waals surface area contributed by atoms with Crippen molar-refractivity contribution in [2.75, 3.05) is 5.73 Å². The molecule has 0 atom stereocenters. The van der Waals surface area contributed by atoms with Gasteiger partial charge in [0.25, 0.3) is 0 Å². The lowest BCUT2D eigenvalue weighted by Crippen LogP contribution is -2.13. The van der Waals surface area contributed by atoms with E-state index in [2.05, 4.69) is 12.1 Å². The molecule has 1 saturated carbocycles. The first-order chi connectivity index (χ1) is 6.81. The van der Waals surface area contributed by atoms with Gasteiger partial charge in [0.05, 0.1) is 11.9 Å². The fourth-order valence-corrected chi connectivity index (χ4v) is 2.40. The Labute approximate surface area is 84.7 Å². The molecule has 0 amide bonds. The molecule has 78 valence electrons. The lowest BCUT2D eigenvalue weighted by Gasteiger charge is -2.26. The highest BCUT2D eigenvalue weighted by atomic mass is 16.5. The van der Waals surface area contributed by atoms with Gasteiger partial charge in [0.2, 0.25) is 0 Å². The number of aromatic nitrogens is 1. The van der Waals surface area contributed by atoms with Crippen LogP contribution in [0.25, 0.3) is 0 Å². The molecule has 2 N–H and O–H groups in total. The zero-order valence-electron chi connectivity index (χ0n) is 8.70. The van der Waals surface area contributed by atoms with Crippen molar-refractivity contribution in [2.24, 2.45) is 5.92 Å². The van der Waals surface area contributed by atoms with Gasteiger partial charge >= 0.3 is 0 Å². The Morgan fingerprint density at radius 3 is 2.64 bits per heavy atom. The van der Waals surface area contributed by atoms with Crippen molar-refractivity contribution < 1.29 is 4.52 Å². The van der Waals surface area contributed by atoms with E-state index in [1.165, 1.54) is 32.1 Å². The molecule has 1 aliphatic rings. The van der Waals surface area contributed by atoms with Gasteiger partial charge < -0.3 is 10.3 Å². The number of nitrogen functional groups attached to an aromatic ring is 1. The van der Waals surface area contributed by atoms with Gasteiger partial charge in [-0.05, 0) is 31.6 Å². The first-order valence-electron chi connectivity index (χ1n) is 5.51. The fourth-order valence-electron chi connectivity index (χ4n) is 2.40. The topological polar surface area (TPSA) is 52.0 Å². The molecule has 1 aromatic rings. The number of hydrogen-bond donors (Lipinski definition) is 1. The van der Waals surface area contributed by atoms with Gasteiger partial charge in [0, 0.05) is 5.92 Å². The van der Waals surface area contributed by atoms with Crippen LogP contribution >= 0.6 is 0 Å². The van der Waals surface area contributed by atoms with Gasteiger partial charge in [-0.2, -0.15) is 0 Å². The monoisotopic (exact) mass is 194 g/mol. The Kier molecular flexibility index (Phi) is 2.75. The van der Waals surface area contributed by atoms with Crippen molar-refractivity contribution in [2.45, 2.75) is 44.9 Å². The highest BCUT2D eigenvalue weighted by Gasteiger charge is 2.25. The summed E-state index contributed by atoms with van der Waals surface area (Å²) < 4.78 is 5.20. The van der Waals surface area contributed by atoms with E-state index in [0.29, 0.717) is 5.92 Å². The molecule has 0 bridgehead atoms. The van der Waals surface area contributed by atoms with Crippen molar-refractivity contribution >= 4 is 5.69 Å². The molecule has 0 unspecified atom stereocenters. The van der Waals surface area contributed by atoms with E-state index in [4.69, 9.17) is 10.3 Å². The number of rotatable bonds is 2. The van der Waals surface area contributed by atoms with Crippen LogP contribution in [0.1, 0.15) is 50.7 Å². The molecule has 0 spiro atoms. The van der Waals surface area contributed by atoms with E-state index < -0.39 is 0 Å². The maximum atomic E-state index is 5.78. The van der Waals surface area contributed by atoms with E-state index in [1.54, 1.807) is 6.20 Å². The molecule has 0 saturated heterocycles. The summed E-state index contributed by atoms with van der Waals surface area (Å²) in [7, 11) is 0. The maximum absolute atomic E-state index is 5.78. The van der Waals surface area contributed by atoms with Crippen LogP contribution in [0.2, 0.25) is 0 Å². The van der Waals surface area contributed by atoms with Crippen LogP contribution in [-0.2, 0) is 0 Å². The maximum Gasteiger partial charge on any atom is 0.162 e. The third-order valence-electron chi connectivity index (χ3n) is 3.42. The second-order valence-electron chi connectivity index (χ2n) is 4.27. The van der Waals surface area contributed by atoms with Crippen LogP contribution in [0.15, 0.2) is 10.7 Å². The predicted octanol–water partition coefficient (Wildman–Crippen LogP) is 2.94. The lowest BCUT2D eigenvalue weighted by atomic mass is 9.79. The highest BCUT2D eigenvalue weighted by molar-refractivity contribution is 5.40. The molecule has 3 heteroatoms. The first-order valence-corrected chi connectivity index (χ1v) is 5.51. The Morgan fingerprint density at radius 1 is 1.43 bits per heavy atom. The fraction of sp³-hybridized carbons (Fsp3) is 0.727. The van der Waals surface area contributed by atoms with Crippen molar-refractivity contribution in [3.63, 3.8) is 0 Å². The zero-order chi connectivity index (χ0) is 9.97. The Hall–Kier alpha value is -0.990. The van der Waals surface area contributed by atoms with E-state index in [1.807, 2.05) is 0 Å². The standard InChI is InChI=1S/C11H18N2O/c1-2-8-3-5-9(6-4-8)11-10(12)7-13-14-11/h7-9H,2-6,12H2,1H3. The minimum Gasteiger partial charge on any atom is -0.395 e. The molecule has 0 aromatic carbocycles. The van der Waals surface area contributed by atoms with Crippen molar-refractivity contribution in [3.05, 3.63) is 12.0 Å². The molecular formula is C11H18N2O. The lowest BCUT2D eigenvalue weighted by molar-refractivity contribution is 0.274. The van der Waals surface area contributed by atoms with Crippen LogP contribution in [0.5, 0.6) is 0 Å². The normalized spacial score (nSPS) is 27.8. The van der Waals surface area contributed by atoms with Crippen LogP contribution in [-0.4, -0.2) is 5.16 Å². The van der Waals surface area contributed by atoms with Crippen LogP contribution in [0.3, 0.4) is 0 Å². The average molecular weight is 194 g/mol. The largest absolute Gasteiger partial charge is 0.395 e. The van der Waals surface area contributed by atoms with Gasteiger partial charge in [0.15, 0.2) is 5.76 Å². The first kappa shape index (κ1) is 9.56. The van der Waals surface area contributed by atoms with Gasteiger partial charge in [-0.3, -0.25) is 0 Å². The summed E-state index contributed by atoms with van der Waals surface area (Å²) in [4.78, 5) is 0. The average Bonchev–Trinajstić information content (AvgIpc) is 2.65. The van der Waals surface area contributed by atoms with Crippen LogP contribution in [0, 0.1) is 5.92 Å². The van der Waals surface area contributed by atoms with E-state index in [-0.39, 0.29) is 0 Å². The number of nitrogens with zero attached hydrogens (tertiary/aromatic N) is 1. The van der Waals surface area contributed by atoms with Crippen molar-refractivity contribution in [3.8, 4) is 0 Å². The van der Waals surface area contributed by atoms with Crippen molar-refractivity contribution in [1.82, 2.24) is 5.16 Å². The molecule has 14 heavy (non-hydrogen) atoms. The molecule has 0 radical (unpaired) electrons. The zero-order valence-corrected chi connectivity index (χ0v) is 8.70. The molecule has 2 rings (SSSR count). The van der Waals surface area contributed by atoms with Gasteiger partial charge in [-0.25, -0.2) is 0 Å². The van der Waals surface area contributed by atoms with Crippen molar-refractivity contribution in [1.29, 1.82) is 0 Å². The summed E-state index contributed by atoms with van der Waals surface area (Å²) in [6.07, 6.45) is 7.94. The third kappa shape index (κ3) is 1.76. The van der Waals surface area contributed by atoms with E-state index >= 15 is 0 Å². The minimum atomic E-state index is 0.514. The summed E-state index contributed by atoms with van der Waals surface area (Å²) >= 11 is 0. The number of anilines is 1. The second-order valence-corrected chi connectivity index (χ2v) is 4.27. The van der Waals surface area contributed by atoms with Crippen LogP contribution in [0.4, 0.5) is 5.69 Å². The Morgan fingerprint density at radius 2 is 2.14 bits per heavy atom. The molecule has 1 aromatic heterocycles. The third-order valence-corrected chi connectivity index (χ3v) is 3.42. The Bertz CT molecular complexity index is 287. The molecule has 0 aliphatic heterocycles. The van der Waals surface area contributed by atoms with Gasteiger partial charge in [-0.15, -0.1) is 0 Å². The summed E-state index contributed by atoms with van der Waals surface area (Å²) in [5, 5.41) is 3.74.